The standard InChI is InChI=1S/C22H31NO4/c1-3-16-4-6-17(7-5-16)15(2)14-20(24)23-11-8-18(9-12-23)21-19(22(25)26)10-13-27-21/h4-7,15,18-19,21H,3,8-14H2,1-2H3,(H,25,26)/t15?,19?,21-/m0/s1. The zero-order chi connectivity index (χ0) is 19.4. The van der Waals surface area contributed by atoms with Crippen LogP contribution in [-0.4, -0.2) is 47.7 Å². The maximum Gasteiger partial charge on any atom is 0.309 e. The molecule has 2 aliphatic heterocycles. The fourth-order valence-corrected chi connectivity index (χ4v) is 4.41. The number of piperidine rings is 1. The van der Waals surface area contributed by atoms with Crippen LogP contribution in [0.5, 0.6) is 0 Å². The first-order valence-electron chi connectivity index (χ1n) is 10.2. The van der Waals surface area contributed by atoms with Gasteiger partial charge in [-0.2, -0.15) is 0 Å². The van der Waals surface area contributed by atoms with E-state index in [2.05, 4.69) is 38.1 Å². The van der Waals surface area contributed by atoms with Crippen molar-refractivity contribution in [1.29, 1.82) is 0 Å². The molecule has 0 saturated carbocycles. The molecule has 3 rings (SSSR count). The zero-order valence-electron chi connectivity index (χ0n) is 16.4. The molecule has 0 bridgehead atoms. The lowest BCUT2D eigenvalue weighted by Crippen LogP contribution is -2.43. The summed E-state index contributed by atoms with van der Waals surface area (Å²) in [4.78, 5) is 26.0. The van der Waals surface area contributed by atoms with Crippen LogP contribution in [0.3, 0.4) is 0 Å². The summed E-state index contributed by atoms with van der Waals surface area (Å²) in [5.41, 5.74) is 2.52. The van der Waals surface area contributed by atoms with Crippen molar-refractivity contribution < 1.29 is 19.4 Å². The molecule has 27 heavy (non-hydrogen) atoms. The van der Waals surface area contributed by atoms with Crippen molar-refractivity contribution in [2.45, 2.75) is 58.0 Å². The quantitative estimate of drug-likeness (QED) is 0.829. The van der Waals surface area contributed by atoms with Gasteiger partial charge in [0.05, 0.1) is 12.0 Å². The summed E-state index contributed by atoms with van der Waals surface area (Å²) in [6, 6.07) is 8.55. The van der Waals surface area contributed by atoms with E-state index in [0.29, 0.717) is 32.5 Å². The van der Waals surface area contributed by atoms with Crippen LogP contribution in [-0.2, 0) is 20.7 Å². The van der Waals surface area contributed by atoms with Gasteiger partial charge in [-0.15, -0.1) is 0 Å². The number of aliphatic carboxylic acids is 1. The van der Waals surface area contributed by atoms with Crippen LogP contribution in [0.4, 0.5) is 0 Å². The van der Waals surface area contributed by atoms with Crippen molar-refractivity contribution in [1.82, 2.24) is 4.90 Å². The van der Waals surface area contributed by atoms with E-state index >= 15 is 0 Å². The molecule has 2 aliphatic rings. The normalized spacial score (nSPS) is 24.7. The Bertz CT molecular complexity index is 649. The van der Waals surface area contributed by atoms with Gasteiger partial charge >= 0.3 is 5.97 Å². The summed E-state index contributed by atoms with van der Waals surface area (Å²) in [5, 5.41) is 9.35. The molecular formula is C22H31NO4. The number of carboxylic acids is 1. The summed E-state index contributed by atoms with van der Waals surface area (Å²) in [6.07, 6.45) is 3.63. The topological polar surface area (TPSA) is 66.8 Å². The number of likely N-dealkylation sites (tertiary alicyclic amines) is 1. The van der Waals surface area contributed by atoms with Gasteiger partial charge in [0.2, 0.25) is 5.91 Å². The molecule has 1 amide bonds. The van der Waals surface area contributed by atoms with E-state index in [1.54, 1.807) is 0 Å². The summed E-state index contributed by atoms with van der Waals surface area (Å²) >= 11 is 0. The fourth-order valence-electron chi connectivity index (χ4n) is 4.41. The van der Waals surface area contributed by atoms with Gasteiger partial charge in [0.15, 0.2) is 0 Å². The van der Waals surface area contributed by atoms with E-state index in [9.17, 15) is 14.7 Å². The van der Waals surface area contributed by atoms with Crippen LogP contribution in [0.25, 0.3) is 0 Å². The summed E-state index contributed by atoms with van der Waals surface area (Å²) < 4.78 is 5.72. The maximum absolute atomic E-state index is 12.7. The number of carboxylic acid groups (broad SMARTS) is 1. The van der Waals surface area contributed by atoms with Crippen LogP contribution in [0, 0.1) is 11.8 Å². The number of amides is 1. The van der Waals surface area contributed by atoms with Gasteiger partial charge in [-0.1, -0.05) is 38.1 Å². The second-order valence-corrected chi connectivity index (χ2v) is 7.99. The van der Waals surface area contributed by atoms with Gasteiger partial charge in [0, 0.05) is 26.1 Å². The van der Waals surface area contributed by atoms with Crippen molar-refractivity contribution in [2.75, 3.05) is 19.7 Å². The minimum atomic E-state index is -0.751. The van der Waals surface area contributed by atoms with Gasteiger partial charge in [0.1, 0.15) is 0 Å². The number of hydrogen-bond acceptors (Lipinski definition) is 3. The smallest absolute Gasteiger partial charge is 0.309 e. The molecule has 2 saturated heterocycles. The van der Waals surface area contributed by atoms with Crippen LogP contribution < -0.4 is 0 Å². The Kier molecular flexibility index (Phi) is 6.53. The first-order valence-corrected chi connectivity index (χ1v) is 10.2. The predicted molar refractivity (Wildman–Crippen MR) is 104 cm³/mol. The third-order valence-corrected chi connectivity index (χ3v) is 6.25. The molecule has 2 heterocycles. The van der Waals surface area contributed by atoms with Gasteiger partial charge < -0.3 is 14.7 Å². The molecule has 0 aliphatic carbocycles. The molecule has 1 aromatic carbocycles. The average Bonchev–Trinajstić information content (AvgIpc) is 3.18. The highest BCUT2D eigenvalue weighted by Crippen LogP contribution is 2.33. The Labute approximate surface area is 161 Å². The molecule has 148 valence electrons. The van der Waals surface area contributed by atoms with Gasteiger partial charge in [0.25, 0.3) is 0 Å². The van der Waals surface area contributed by atoms with Gasteiger partial charge in [-0.25, -0.2) is 0 Å². The molecule has 5 heteroatoms. The van der Waals surface area contributed by atoms with E-state index in [0.717, 1.165) is 19.3 Å². The third kappa shape index (κ3) is 4.70. The second-order valence-electron chi connectivity index (χ2n) is 7.99. The number of hydrogen-bond donors (Lipinski definition) is 1. The highest BCUT2D eigenvalue weighted by atomic mass is 16.5. The van der Waals surface area contributed by atoms with Crippen molar-refractivity contribution in [3.8, 4) is 0 Å². The Morgan fingerprint density at radius 1 is 1.19 bits per heavy atom. The first kappa shape index (κ1) is 19.9. The molecule has 1 N–H and O–H groups in total. The van der Waals surface area contributed by atoms with E-state index < -0.39 is 5.97 Å². The molecule has 5 nitrogen and oxygen atoms in total. The fraction of sp³-hybridized carbons (Fsp3) is 0.636. The largest absolute Gasteiger partial charge is 0.481 e. The Hall–Kier alpha value is -1.88. The molecule has 2 unspecified atom stereocenters. The number of rotatable bonds is 6. The van der Waals surface area contributed by atoms with Crippen molar-refractivity contribution in [3.05, 3.63) is 35.4 Å². The predicted octanol–water partition coefficient (Wildman–Crippen LogP) is 3.47. The lowest BCUT2D eigenvalue weighted by atomic mass is 9.84. The number of benzene rings is 1. The molecule has 0 radical (unpaired) electrons. The number of aryl methyl sites for hydroxylation is 1. The van der Waals surface area contributed by atoms with Gasteiger partial charge in [-0.3, -0.25) is 9.59 Å². The van der Waals surface area contributed by atoms with Crippen molar-refractivity contribution >= 4 is 11.9 Å². The lowest BCUT2D eigenvalue weighted by molar-refractivity contribution is -0.146. The SMILES string of the molecule is CCc1ccc(C(C)CC(=O)N2CCC([C@@H]3OCCC3C(=O)O)CC2)cc1. The molecular weight excluding hydrogens is 342 g/mol. The van der Waals surface area contributed by atoms with Crippen molar-refractivity contribution in [2.24, 2.45) is 11.8 Å². The molecule has 3 atom stereocenters. The highest BCUT2D eigenvalue weighted by Gasteiger charge is 2.40. The monoisotopic (exact) mass is 373 g/mol. The Morgan fingerprint density at radius 2 is 1.85 bits per heavy atom. The van der Waals surface area contributed by atoms with E-state index in [-0.39, 0.29) is 29.8 Å². The number of nitrogens with zero attached hydrogens (tertiary/aromatic N) is 1. The van der Waals surface area contributed by atoms with Crippen molar-refractivity contribution in [3.63, 3.8) is 0 Å². The lowest BCUT2D eigenvalue weighted by Gasteiger charge is -2.36. The molecule has 1 aromatic rings. The zero-order valence-corrected chi connectivity index (χ0v) is 16.4. The van der Waals surface area contributed by atoms with Crippen LogP contribution in [0.15, 0.2) is 24.3 Å². The summed E-state index contributed by atoms with van der Waals surface area (Å²) in [7, 11) is 0. The van der Waals surface area contributed by atoms with Crippen LogP contribution >= 0.6 is 0 Å². The highest BCUT2D eigenvalue weighted by molar-refractivity contribution is 5.77. The maximum atomic E-state index is 12.7. The molecule has 0 spiro atoms. The van der Waals surface area contributed by atoms with Crippen LogP contribution in [0.2, 0.25) is 0 Å². The van der Waals surface area contributed by atoms with E-state index in [1.807, 2.05) is 4.90 Å². The van der Waals surface area contributed by atoms with Crippen LogP contribution in [0.1, 0.15) is 56.6 Å². The first-order chi connectivity index (χ1) is 13.0. The Balaban J connectivity index is 1.50. The van der Waals surface area contributed by atoms with E-state index in [1.165, 1.54) is 11.1 Å². The summed E-state index contributed by atoms with van der Waals surface area (Å²) in [6.45, 7) is 6.19. The summed E-state index contributed by atoms with van der Waals surface area (Å²) in [5.74, 6) is -0.489. The number of ether oxygens (including phenoxy) is 1. The minimum Gasteiger partial charge on any atom is -0.481 e. The molecule has 2 fully saturated rings. The third-order valence-electron chi connectivity index (χ3n) is 6.25. The number of carbonyl (C=O) groups is 2. The van der Waals surface area contributed by atoms with E-state index in [4.69, 9.17) is 4.74 Å². The Morgan fingerprint density at radius 3 is 2.44 bits per heavy atom. The van der Waals surface area contributed by atoms with Gasteiger partial charge in [-0.05, 0) is 48.6 Å². The molecule has 0 aromatic heterocycles. The second kappa shape index (κ2) is 8.87. The number of carbonyl (C=O) groups excluding carboxylic acids is 1. The minimum absolute atomic E-state index is 0.184. The average molecular weight is 373 g/mol.